The minimum Gasteiger partial charge on any atom is -0.381 e. The molecule has 1 amide bonds. The summed E-state index contributed by atoms with van der Waals surface area (Å²) in [6, 6.07) is 4.92. The van der Waals surface area contributed by atoms with Gasteiger partial charge in [-0.3, -0.25) is 4.79 Å². The first kappa shape index (κ1) is 13.8. The van der Waals surface area contributed by atoms with E-state index < -0.39 is 0 Å². The monoisotopic (exact) mass is 266 g/mol. The largest absolute Gasteiger partial charge is 0.381 e. The molecule has 2 N–H and O–H groups in total. The van der Waals surface area contributed by atoms with E-state index in [0.717, 1.165) is 18.5 Å². The van der Waals surface area contributed by atoms with Crippen molar-refractivity contribution in [3.8, 4) is 0 Å². The van der Waals surface area contributed by atoms with Gasteiger partial charge in [0.2, 0.25) is 5.91 Å². The molecule has 0 aliphatic carbocycles. The van der Waals surface area contributed by atoms with Crippen LogP contribution in [-0.4, -0.2) is 31.7 Å². The van der Waals surface area contributed by atoms with Crippen LogP contribution in [-0.2, 0) is 9.53 Å². The highest BCUT2D eigenvalue weighted by Crippen LogP contribution is 2.13. The Balaban J connectivity index is 1.77. The quantitative estimate of drug-likeness (QED) is 0.874. The molecular weight excluding hydrogens is 247 g/mol. The van der Waals surface area contributed by atoms with E-state index in [1.54, 1.807) is 19.1 Å². The van der Waals surface area contributed by atoms with E-state index in [0.29, 0.717) is 18.8 Å². The maximum absolute atomic E-state index is 13.1. The number of aryl methyl sites for hydroxylation is 1. The summed E-state index contributed by atoms with van der Waals surface area (Å²) in [5, 5.41) is 5.95. The first-order valence-electron chi connectivity index (χ1n) is 6.52. The smallest absolute Gasteiger partial charge is 0.239 e. The van der Waals surface area contributed by atoms with Crippen molar-refractivity contribution >= 4 is 11.6 Å². The summed E-state index contributed by atoms with van der Waals surface area (Å²) >= 11 is 0. The molecule has 0 unspecified atom stereocenters. The fourth-order valence-corrected chi connectivity index (χ4v) is 2.06. The van der Waals surface area contributed by atoms with Crippen LogP contribution in [0.3, 0.4) is 0 Å². The standard InChI is InChI=1S/C14H19FN2O2/c1-10-8-12(2-3-13(10)15)16-9-14(18)17-11-4-6-19-7-5-11/h2-3,8,11,16H,4-7,9H2,1H3,(H,17,18). The summed E-state index contributed by atoms with van der Waals surface area (Å²) in [6.45, 7) is 3.30. The van der Waals surface area contributed by atoms with Crippen LogP contribution in [0.1, 0.15) is 18.4 Å². The lowest BCUT2D eigenvalue weighted by atomic mass is 10.1. The van der Waals surface area contributed by atoms with Gasteiger partial charge in [0.1, 0.15) is 5.82 Å². The molecule has 104 valence electrons. The van der Waals surface area contributed by atoms with Crippen molar-refractivity contribution in [2.24, 2.45) is 0 Å². The van der Waals surface area contributed by atoms with E-state index in [4.69, 9.17) is 4.74 Å². The molecule has 1 heterocycles. The van der Waals surface area contributed by atoms with Gasteiger partial charge in [0, 0.05) is 24.9 Å². The summed E-state index contributed by atoms with van der Waals surface area (Å²) in [4.78, 5) is 11.7. The first-order valence-corrected chi connectivity index (χ1v) is 6.52. The fourth-order valence-electron chi connectivity index (χ4n) is 2.06. The molecule has 0 saturated carbocycles. The summed E-state index contributed by atoms with van der Waals surface area (Å²) in [5.41, 5.74) is 1.32. The molecule has 0 atom stereocenters. The van der Waals surface area contributed by atoms with Gasteiger partial charge < -0.3 is 15.4 Å². The number of halogens is 1. The maximum Gasteiger partial charge on any atom is 0.239 e. The lowest BCUT2D eigenvalue weighted by Gasteiger charge is -2.23. The molecule has 1 aromatic carbocycles. The second kappa shape index (κ2) is 6.52. The number of benzene rings is 1. The first-order chi connectivity index (χ1) is 9.15. The molecule has 0 spiro atoms. The van der Waals surface area contributed by atoms with Gasteiger partial charge in [0.25, 0.3) is 0 Å². The number of carbonyl (C=O) groups excluding carboxylic acids is 1. The van der Waals surface area contributed by atoms with Crippen molar-refractivity contribution in [2.45, 2.75) is 25.8 Å². The Morgan fingerprint density at radius 3 is 2.84 bits per heavy atom. The van der Waals surface area contributed by atoms with E-state index in [9.17, 15) is 9.18 Å². The molecule has 0 aromatic heterocycles. The van der Waals surface area contributed by atoms with Gasteiger partial charge in [-0.1, -0.05) is 0 Å². The van der Waals surface area contributed by atoms with E-state index in [1.165, 1.54) is 6.07 Å². The predicted octanol–water partition coefficient (Wildman–Crippen LogP) is 1.84. The average Bonchev–Trinajstić information content (AvgIpc) is 2.41. The molecule has 19 heavy (non-hydrogen) atoms. The number of nitrogens with one attached hydrogen (secondary N) is 2. The van der Waals surface area contributed by atoms with Gasteiger partial charge in [-0.15, -0.1) is 0 Å². The highest BCUT2D eigenvalue weighted by molar-refractivity contribution is 5.81. The van der Waals surface area contributed by atoms with Crippen LogP contribution in [0.25, 0.3) is 0 Å². The van der Waals surface area contributed by atoms with Crippen LogP contribution >= 0.6 is 0 Å². The van der Waals surface area contributed by atoms with E-state index in [2.05, 4.69) is 10.6 Å². The zero-order valence-corrected chi connectivity index (χ0v) is 11.0. The van der Waals surface area contributed by atoms with Crippen LogP contribution < -0.4 is 10.6 Å². The van der Waals surface area contributed by atoms with E-state index >= 15 is 0 Å². The van der Waals surface area contributed by atoms with Crippen molar-refractivity contribution in [3.63, 3.8) is 0 Å². The summed E-state index contributed by atoms with van der Waals surface area (Å²) in [7, 11) is 0. The lowest BCUT2D eigenvalue weighted by Crippen LogP contribution is -2.41. The number of rotatable bonds is 4. The normalized spacial score (nSPS) is 16.1. The van der Waals surface area contributed by atoms with Gasteiger partial charge in [-0.25, -0.2) is 4.39 Å². The molecule has 1 aromatic rings. The lowest BCUT2D eigenvalue weighted by molar-refractivity contribution is -0.120. The Morgan fingerprint density at radius 1 is 1.42 bits per heavy atom. The summed E-state index contributed by atoms with van der Waals surface area (Å²) in [5.74, 6) is -0.286. The van der Waals surface area contributed by atoms with Crippen molar-refractivity contribution in [1.29, 1.82) is 0 Å². The molecule has 5 heteroatoms. The molecule has 1 aliphatic heterocycles. The topological polar surface area (TPSA) is 50.4 Å². The number of amides is 1. The van der Waals surface area contributed by atoms with Crippen molar-refractivity contribution < 1.29 is 13.9 Å². The maximum atomic E-state index is 13.1. The van der Waals surface area contributed by atoms with Crippen LogP contribution in [0.2, 0.25) is 0 Å². The molecular formula is C14H19FN2O2. The minimum absolute atomic E-state index is 0.0473. The number of ether oxygens (including phenoxy) is 1. The Bertz CT molecular complexity index is 445. The molecule has 1 fully saturated rings. The van der Waals surface area contributed by atoms with Crippen LogP contribution in [0, 0.1) is 12.7 Å². The third-order valence-corrected chi connectivity index (χ3v) is 3.20. The van der Waals surface area contributed by atoms with E-state index in [1.807, 2.05) is 0 Å². The van der Waals surface area contributed by atoms with Crippen LogP contribution in [0.5, 0.6) is 0 Å². The Morgan fingerprint density at radius 2 is 2.16 bits per heavy atom. The number of hydrogen-bond donors (Lipinski definition) is 2. The summed E-state index contributed by atoms with van der Waals surface area (Å²) < 4.78 is 18.3. The molecule has 0 radical (unpaired) electrons. The van der Waals surface area contributed by atoms with Gasteiger partial charge in [-0.05, 0) is 43.5 Å². The van der Waals surface area contributed by atoms with Crippen LogP contribution in [0.4, 0.5) is 10.1 Å². The molecule has 1 aliphatic rings. The predicted molar refractivity (Wildman–Crippen MR) is 71.6 cm³/mol. The van der Waals surface area contributed by atoms with Gasteiger partial charge in [0.15, 0.2) is 0 Å². The fraction of sp³-hybridized carbons (Fsp3) is 0.500. The average molecular weight is 266 g/mol. The van der Waals surface area contributed by atoms with Gasteiger partial charge in [0.05, 0.1) is 6.54 Å². The zero-order chi connectivity index (χ0) is 13.7. The molecule has 2 rings (SSSR count). The number of carbonyl (C=O) groups is 1. The number of hydrogen-bond acceptors (Lipinski definition) is 3. The Kier molecular flexibility index (Phi) is 4.74. The van der Waals surface area contributed by atoms with Crippen molar-refractivity contribution in [3.05, 3.63) is 29.6 Å². The van der Waals surface area contributed by atoms with Crippen LogP contribution in [0.15, 0.2) is 18.2 Å². The molecule has 0 bridgehead atoms. The van der Waals surface area contributed by atoms with E-state index in [-0.39, 0.29) is 24.3 Å². The van der Waals surface area contributed by atoms with Gasteiger partial charge in [-0.2, -0.15) is 0 Å². The zero-order valence-electron chi connectivity index (χ0n) is 11.0. The third kappa shape index (κ3) is 4.21. The summed E-state index contributed by atoms with van der Waals surface area (Å²) in [6.07, 6.45) is 1.72. The Hall–Kier alpha value is -1.62. The molecule has 1 saturated heterocycles. The third-order valence-electron chi connectivity index (χ3n) is 3.20. The highest BCUT2D eigenvalue weighted by Gasteiger charge is 2.15. The number of anilines is 1. The van der Waals surface area contributed by atoms with Gasteiger partial charge >= 0.3 is 0 Å². The SMILES string of the molecule is Cc1cc(NCC(=O)NC2CCOCC2)ccc1F. The minimum atomic E-state index is -0.239. The second-order valence-corrected chi connectivity index (χ2v) is 4.77. The molecule has 4 nitrogen and oxygen atoms in total. The van der Waals surface area contributed by atoms with Crippen molar-refractivity contribution in [1.82, 2.24) is 5.32 Å². The van der Waals surface area contributed by atoms with Crippen molar-refractivity contribution in [2.75, 3.05) is 25.1 Å². The highest BCUT2D eigenvalue weighted by atomic mass is 19.1. The second-order valence-electron chi connectivity index (χ2n) is 4.77. The Labute approximate surface area is 112 Å².